The van der Waals surface area contributed by atoms with Crippen LogP contribution in [-0.4, -0.2) is 83.3 Å². The van der Waals surface area contributed by atoms with Crippen molar-refractivity contribution in [1.29, 1.82) is 5.26 Å². The molecule has 0 bridgehead atoms. The molecule has 17 heteroatoms. The maximum atomic E-state index is 13.0. The van der Waals surface area contributed by atoms with Gasteiger partial charge in [0.05, 0.1) is 36.0 Å². The molecule has 3 heterocycles. The van der Waals surface area contributed by atoms with Crippen molar-refractivity contribution in [1.82, 2.24) is 19.5 Å². The van der Waals surface area contributed by atoms with Gasteiger partial charge in [-0.2, -0.15) is 5.26 Å². The number of aromatic amines is 1. The Hall–Kier alpha value is -5.48. The average molecular weight is 883 g/mol. The Morgan fingerprint density at radius 3 is 2.63 bits per heavy atom. The fourth-order valence-electron chi connectivity index (χ4n) is 7.75. The van der Waals surface area contributed by atoms with E-state index in [0.29, 0.717) is 35.7 Å². The molecule has 0 saturated carbocycles. The van der Waals surface area contributed by atoms with E-state index in [9.17, 15) is 19.6 Å². The number of amides is 1. The first-order valence-electron chi connectivity index (χ1n) is 21.8. The summed E-state index contributed by atoms with van der Waals surface area (Å²) in [6.07, 6.45) is 5.79. The van der Waals surface area contributed by atoms with Crippen LogP contribution in [0, 0.1) is 24.8 Å². The molecule has 2 aromatic carbocycles. The number of hydrogen-bond donors (Lipinski definition) is 2. The number of ether oxygens (including phenoxy) is 2. The van der Waals surface area contributed by atoms with Crippen LogP contribution in [0.25, 0.3) is 16.5 Å². The number of carbonyl (C=O) groups is 1. The highest BCUT2D eigenvalue weighted by Gasteiger charge is 2.40. The van der Waals surface area contributed by atoms with E-state index in [-0.39, 0.29) is 68.5 Å². The summed E-state index contributed by atoms with van der Waals surface area (Å²) in [7, 11) is -0.0269. The summed E-state index contributed by atoms with van der Waals surface area (Å²) in [4.78, 5) is 46.9. The molecule has 3 aromatic rings. The normalized spacial score (nSPS) is 19.0. The lowest BCUT2D eigenvalue weighted by Gasteiger charge is -2.43. The van der Waals surface area contributed by atoms with E-state index in [1.807, 2.05) is 59.7 Å². The Kier molecular flexibility index (Phi) is 16.2. The van der Waals surface area contributed by atoms with Crippen LogP contribution in [0.15, 0.2) is 68.5 Å². The second kappa shape index (κ2) is 21.7. The zero-order chi connectivity index (χ0) is 46.7. The number of rotatable bonds is 19. The van der Waals surface area contributed by atoms with Crippen LogP contribution in [0.2, 0.25) is 0 Å². The summed E-state index contributed by atoms with van der Waals surface area (Å²) >= 11 is 0. The molecule has 16 nitrogen and oxygen atoms in total. The molecule has 2 unspecified atom stereocenters. The number of anilines is 1. The summed E-state index contributed by atoms with van der Waals surface area (Å²) < 4.78 is 36.0. The molecule has 1 fully saturated rings. The lowest BCUT2D eigenvalue weighted by molar-refractivity contribution is -0.120. The first-order valence-corrected chi connectivity index (χ1v) is 22.2. The van der Waals surface area contributed by atoms with Gasteiger partial charge in [-0.15, -0.1) is 10.2 Å². The van der Waals surface area contributed by atoms with E-state index in [0.717, 1.165) is 22.4 Å². The Morgan fingerprint density at radius 2 is 1.95 bits per heavy atom. The maximum Gasteiger partial charge on any atom is 0.330 e. The molecule has 1 amide bonds. The molecule has 1 saturated heterocycles. The number of fused-ring (bicyclic) bond motifs is 1. The summed E-state index contributed by atoms with van der Waals surface area (Å²) in [5, 5.41) is 21.4. The van der Waals surface area contributed by atoms with Crippen molar-refractivity contribution in [2.24, 2.45) is 10.2 Å². The highest BCUT2D eigenvalue weighted by Crippen LogP contribution is 2.50. The molecule has 5 rings (SSSR count). The molecular weight excluding hydrogens is 822 g/mol. The number of benzene rings is 2. The molecule has 0 radical (unpaired) electrons. The van der Waals surface area contributed by atoms with E-state index < -0.39 is 38.2 Å². The van der Waals surface area contributed by atoms with Gasteiger partial charge < -0.3 is 33.6 Å². The van der Waals surface area contributed by atoms with E-state index >= 15 is 0 Å². The minimum atomic E-state index is -1.60. The molecule has 2 aliphatic rings. The van der Waals surface area contributed by atoms with E-state index in [2.05, 4.69) is 60.9 Å². The second-order valence-corrected chi connectivity index (χ2v) is 18.0. The van der Waals surface area contributed by atoms with Crippen LogP contribution >= 0.6 is 8.53 Å². The largest absolute Gasteiger partial charge is 0.494 e. The third kappa shape index (κ3) is 12.2. The zero-order valence-electron chi connectivity index (χ0n) is 38.7. The first-order chi connectivity index (χ1) is 30.5. The predicted octanol–water partition coefficient (Wildman–Crippen LogP) is 8.73. The lowest BCUT2D eigenvalue weighted by Crippen LogP contribution is -2.45. The van der Waals surface area contributed by atoms with Gasteiger partial charge in [0.1, 0.15) is 36.0 Å². The molecule has 63 heavy (non-hydrogen) atoms. The Labute approximate surface area is 372 Å². The number of nitrogens with zero attached hydrogens (tertiary/aromatic N) is 7. The number of nitriles is 1. The predicted molar refractivity (Wildman–Crippen MR) is 246 cm³/mol. The van der Waals surface area contributed by atoms with Crippen LogP contribution in [0.5, 0.6) is 5.75 Å². The Morgan fingerprint density at radius 1 is 1.21 bits per heavy atom. The van der Waals surface area contributed by atoms with Crippen molar-refractivity contribution in [3.63, 3.8) is 0 Å². The molecule has 2 aliphatic heterocycles. The zero-order valence-corrected chi connectivity index (χ0v) is 38.6. The van der Waals surface area contributed by atoms with Crippen LogP contribution in [-0.2, 0) is 18.6 Å². The summed E-state index contributed by atoms with van der Waals surface area (Å²) in [5.74, 6) is 0.364. The summed E-state index contributed by atoms with van der Waals surface area (Å²) in [5.41, 5.74) is 3.95. The monoisotopic (exact) mass is 882 g/mol. The number of azo groups is 1. The fraction of sp³-hybridized carbons (Fsp3) is 0.500. The third-order valence-electron chi connectivity index (χ3n) is 10.7. The molecular formula is C46H60N9O7P. The second-order valence-electron chi connectivity index (χ2n) is 16.6. The quantitative estimate of drug-likeness (QED) is 0.0512. The topological polar surface area (TPSA) is 180 Å². The standard InChI is InChI=1S/C46H60N9O7P/c1-29(2)55(30(3)4)63(60-21-19-48-10)62-40-25-43(61-33(40)7)53-28-34(44(57)50-45(53)58)14-12-18-49-42(56)15-13-20-54-39-24-41(59-11)38(23-36(39)32(6)26-46(54,8)9)52-51-37-17-16-31(5)22-35(37)27-47/h12,14,16-17,22-24,26,28-30,33,40,43H,13,15,18-21,25H2,1-9,11H3,(H,49,56)(H,50,57,58)/b14-12+,52-51?/t33-,40?,43-,63?/m1/s1/i7D. The van der Waals surface area contributed by atoms with Gasteiger partial charge in [0.2, 0.25) is 12.5 Å². The number of hydrogen-bond acceptors (Lipinski definition) is 12. The van der Waals surface area contributed by atoms with Crippen molar-refractivity contribution >= 4 is 43.1 Å². The van der Waals surface area contributed by atoms with E-state index in [1.165, 1.54) is 10.8 Å². The number of nitrogens with one attached hydrogen (secondary N) is 2. The van der Waals surface area contributed by atoms with Gasteiger partial charge in [0.25, 0.3) is 14.1 Å². The van der Waals surface area contributed by atoms with Gasteiger partial charge in [-0.05, 0) is 98.0 Å². The Balaban J connectivity index is 1.20. The van der Waals surface area contributed by atoms with E-state index in [4.69, 9.17) is 26.5 Å². The maximum absolute atomic E-state index is 13.0. The van der Waals surface area contributed by atoms with Gasteiger partial charge in [-0.25, -0.2) is 16.0 Å². The third-order valence-corrected chi connectivity index (χ3v) is 12.8. The SMILES string of the molecule is [2H]C[C@H]1O[C@@H](n2cc(/C=C/CNC(=O)CCCN3c4cc(OC)c(N=Nc5ccc(C)cc5C#N)cc4C(C)=CC3(C)C)c(=O)[nH]c2=O)CC1OP(OCC[N+]#[C-])N(C(C)C)C(C)C. The number of allylic oxidation sites excluding steroid dienone is 1. The summed E-state index contributed by atoms with van der Waals surface area (Å²) in [6.45, 7) is 24.5. The van der Waals surface area contributed by atoms with Gasteiger partial charge in [-0.3, -0.25) is 19.1 Å². The molecule has 0 spiro atoms. The number of aryl methyl sites for hydroxylation is 1. The van der Waals surface area contributed by atoms with Crippen molar-refractivity contribution < 1.29 is 24.7 Å². The summed E-state index contributed by atoms with van der Waals surface area (Å²) in [6, 6.07) is 11.6. The molecule has 4 atom stereocenters. The van der Waals surface area contributed by atoms with Crippen LogP contribution in [0.3, 0.4) is 0 Å². The van der Waals surface area contributed by atoms with Crippen LogP contribution in [0.1, 0.15) is 104 Å². The minimum absolute atomic E-state index is 0.0804. The van der Waals surface area contributed by atoms with E-state index in [1.54, 1.807) is 31.4 Å². The molecule has 0 aliphatic carbocycles. The van der Waals surface area contributed by atoms with Crippen molar-refractivity contribution in [3.05, 3.63) is 103 Å². The Bertz CT molecular complexity index is 2430. The molecule has 336 valence electrons. The number of carbonyl (C=O) groups excluding carboxylic acids is 1. The lowest BCUT2D eigenvalue weighted by atomic mass is 9.88. The minimum Gasteiger partial charge on any atom is -0.494 e. The number of aromatic nitrogens is 2. The van der Waals surface area contributed by atoms with Crippen molar-refractivity contribution in [2.75, 3.05) is 38.3 Å². The smallest absolute Gasteiger partial charge is 0.330 e. The highest BCUT2D eigenvalue weighted by molar-refractivity contribution is 7.44. The van der Waals surface area contributed by atoms with Gasteiger partial charge >= 0.3 is 5.69 Å². The van der Waals surface area contributed by atoms with Gasteiger partial charge in [-0.1, -0.05) is 24.3 Å². The van der Waals surface area contributed by atoms with Crippen molar-refractivity contribution in [2.45, 2.75) is 118 Å². The molecule has 1 aromatic heterocycles. The number of H-pyrrole nitrogens is 1. The molecule has 2 N–H and O–H groups in total. The van der Waals surface area contributed by atoms with Gasteiger partial charge in [0.15, 0.2) is 0 Å². The van der Waals surface area contributed by atoms with Crippen LogP contribution < -0.4 is 26.2 Å². The van der Waals surface area contributed by atoms with Crippen molar-refractivity contribution in [3.8, 4) is 11.8 Å². The fourth-order valence-corrected chi connectivity index (χ4v) is 9.50. The van der Waals surface area contributed by atoms with Gasteiger partial charge in [0, 0.05) is 62.9 Å². The first kappa shape index (κ1) is 47.0. The number of methoxy groups -OCH3 is 1. The average Bonchev–Trinajstić information content (AvgIpc) is 3.65. The highest BCUT2D eigenvalue weighted by atomic mass is 31.2. The van der Waals surface area contributed by atoms with Crippen LogP contribution in [0.4, 0.5) is 17.1 Å².